The number of imidazole rings is 1. The number of fused-ring (bicyclic) bond motifs is 1. The van der Waals surface area contributed by atoms with Gasteiger partial charge in [-0.05, 0) is 116 Å². The standard InChI is InChI=1S/C55H55N3O/c1-35-28-42(54(5,6)7)34-46(51(35)59)52-57-50-44(22-17-23-49(50)58(52)48-25-24-41(53(2,3)4)33-45(48)37-20-15-12-16-21-37)39-29-40(31-43(30-39)55(8,9)10)47-32-38(26-27-56-47)36-18-13-11-14-19-36/h11-34,59H,1-10H3/i11D,13D,14D,18D,19D. The van der Waals surface area contributed by atoms with Crippen molar-refractivity contribution in [1.29, 1.82) is 0 Å². The largest absolute Gasteiger partial charge is 0.507 e. The molecule has 2 heterocycles. The fourth-order valence-corrected chi connectivity index (χ4v) is 7.69. The van der Waals surface area contributed by atoms with E-state index in [-0.39, 0.29) is 51.7 Å². The molecular formula is C55H55N3O. The zero-order chi connectivity index (χ0) is 46.2. The number of benzene rings is 6. The lowest BCUT2D eigenvalue weighted by Crippen LogP contribution is -2.13. The molecular weight excluding hydrogens is 719 g/mol. The molecule has 8 aromatic rings. The lowest BCUT2D eigenvalue weighted by atomic mass is 9.83. The highest BCUT2D eigenvalue weighted by Gasteiger charge is 2.27. The van der Waals surface area contributed by atoms with Gasteiger partial charge in [-0.3, -0.25) is 9.55 Å². The van der Waals surface area contributed by atoms with E-state index >= 15 is 0 Å². The van der Waals surface area contributed by atoms with Crippen LogP contribution < -0.4 is 0 Å². The van der Waals surface area contributed by atoms with Crippen LogP contribution in [0.15, 0.2) is 146 Å². The maximum absolute atomic E-state index is 12.0. The summed E-state index contributed by atoms with van der Waals surface area (Å²) in [5.74, 6) is 0.802. The molecule has 296 valence electrons. The third-order valence-corrected chi connectivity index (χ3v) is 11.2. The Labute approximate surface area is 357 Å². The SMILES string of the molecule is [2H]c1c([2H])c([2H])c(-c2ccnc(-c3cc(-c4cccc5c4nc(-c4cc(C(C)(C)C)cc(C)c4O)n5-c4ccc(C(C)(C)C)cc4-c4ccccc4)cc(C(C)(C)C)c3)c2)c([2H])c1[2H]. The van der Waals surface area contributed by atoms with Crippen molar-refractivity contribution in [2.24, 2.45) is 0 Å². The predicted molar refractivity (Wildman–Crippen MR) is 249 cm³/mol. The van der Waals surface area contributed by atoms with Crippen LogP contribution in [0.25, 0.3) is 72.7 Å². The number of hydrogen-bond acceptors (Lipinski definition) is 3. The quantitative estimate of drug-likeness (QED) is 0.183. The summed E-state index contributed by atoms with van der Waals surface area (Å²) in [6.07, 6.45) is 1.62. The average molecular weight is 779 g/mol. The monoisotopic (exact) mass is 778 g/mol. The molecule has 6 aromatic carbocycles. The summed E-state index contributed by atoms with van der Waals surface area (Å²) >= 11 is 0. The Morgan fingerprint density at radius 2 is 1.20 bits per heavy atom. The normalized spacial score (nSPS) is 13.5. The number of aromatic hydroxyl groups is 1. The molecule has 0 atom stereocenters. The summed E-state index contributed by atoms with van der Waals surface area (Å²) in [6.45, 7) is 21.6. The van der Waals surface area contributed by atoms with Crippen molar-refractivity contribution in [2.75, 3.05) is 0 Å². The van der Waals surface area contributed by atoms with Gasteiger partial charge in [0.1, 0.15) is 11.6 Å². The smallest absolute Gasteiger partial charge is 0.149 e. The molecule has 2 aromatic heterocycles. The summed E-state index contributed by atoms with van der Waals surface area (Å²) in [4.78, 5) is 10.3. The van der Waals surface area contributed by atoms with Crippen LogP contribution in [-0.4, -0.2) is 19.6 Å². The van der Waals surface area contributed by atoms with Crippen LogP contribution >= 0.6 is 0 Å². The Morgan fingerprint density at radius 1 is 0.542 bits per heavy atom. The van der Waals surface area contributed by atoms with Crippen LogP contribution in [0, 0.1) is 6.92 Å². The third kappa shape index (κ3) is 7.72. The Balaban J connectivity index is 1.43. The van der Waals surface area contributed by atoms with Crippen molar-refractivity contribution < 1.29 is 12.0 Å². The molecule has 0 radical (unpaired) electrons. The molecule has 0 spiro atoms. The number of aryl methyl sites for hydroxylation is 1. The number of phenols is 1. The number of pyridine rings is 1. The zero-order valence-electron chi connectivity index (χ0n) is 40.8. The van der Waals surface area contributed by atoms with Crippen LogP contribution in [0.1, 0.15) is 91.4 Å². The molecule has 0 saturated heterocycles. The van der Waals surface area contributed by atoms with Gasteiger partial charge < -0.3 is 5.11 Å². The van der Waals surface area contributed by atoms with Crippen LogP contribution in [0.2, 0.25) is 0 Å². The lowest BCUT2D eigenvalue weighted by molar-refractivity contribution is 0.471. The van der Waals surface area contributed by atoms with Gasteiger partial charge in [0.25, 0.3) is 0 Å². The van der Waals surface area contributed by atoms with E-state index in [1.54, 1.807) is 18.3 Å². The zero-order valence-corrected chi connectivity index (χ0v) is 35.8. The Kier molecular flexibility index (Phi) is 8.47. The summed E-state index contributed by atoms with van der Waals surface area (Å²) < 4.78 is 44.3. The fraction of sp³-hybridized carbons (Fsp3) is 0.236. The Hall–Kier alpha value is -6.26. The summed E-state index contributed by atoms with van der Waals surface area (Å²) in [6, 6.07) is 35.6. The minimum absolute atomic E-state index is 0.107. The summed E-state index contributed by atoms with van der Waals surface area (Å²) in [5, 5.41) is 12.0. The van der Waals surface area contributed by atoms with E-state index in [4.69, 9.17) is 16.8 Å². The van der Waals surface area contributed by atoms with Crippen LogP contribution in [-0.2, 0) is 16.2 Å². The molecule has 4 nitrogen and oxygen atoms in total. The average Bonchev–Trinajstić information content (AvgIpc) is 3.64. The van der Waals surface area contributed by atoms with E-state index in [0.717, 1.165) is 61.2 Å². The summed E-state index contributed by atoms with van der Waals surface area (Å²) in [7, 11) is 0. The molecule has 0 saturated carbocycles. The fourth-order valence-electron chi connectivity index (χ4n) is 7.69. The molecule has 0 aliphatic heterocycles. The van der Waals surface area contributed by atoms with Gasteiger partial charge in [-0.25, -0.2) is 4.98 Å². The highest BCUT2D eigenvalue weighted by molar-refractivity contribution is 5.98. The number of nitrogens with zero attached hydrogens (tertiary/aromatic N) is 3. The number of para-hydroxylation sites is 1. The molecule has 0 aliphatic carbocycles. The minimum Gasteiger partial charge on any atom is -0.507 e. The molecule has 8 rings (SSSR count). The first kappa shape index (κ1) is 33.7. The van der Waals surface area contributed by atoms with Gasteiger partial charge in [-0.2, -0.15) is 0 Å². The lowest BCUT2D eigenvalue weighted by Gasteiger charge is -2.24. The predicted octanol–water partition coefficient (Wildman–Crippen LogP) is 14.7. The van der Waals surface area contributed by atoms with Crippen molar-refractivity contribution >= 4 is 11.0 Å². The van der Waals surface area contributed by atoms with Gasteiger partial charge in [0, 0.05) is 22.9 Å². The van der Waals surface area contributed by atoms with Gasteiger partial charge in [-0.1, -0.05) is 153 Å². The van der Waals surface area contributed by atoms with Crippen molar-refractivity contribution in [3.8, 4) is 67.5 Å². The van der Waals surface area contributed by atoms with Crippen molar-refractivity contribution in [1.82, 2.24) is 14.5 Å². The van der Waals surface area contributed by atoms with E-state index in [9.17, 15) is 5.11 Å². The number of hydrogen-bond donors (Lipinski definition) is 1. The first-order valence-electron chi connectivity index (χ1n) is 22.8. The second-order valence-electron chi connectivity index (χ2n) is 18.7. The number of phenolic OH excluding ortho intramolecular Hbond substituents is 1. The van der Waals surface area contributed by atoms with E-state index in [1.807, 2.05) is 13.0 Å². The molecule has 0 fully saturated rings. The van der Waals surface area contributed by atoms with E-state index in [0.29, 0.717) is 22.6 Å². The topological polar surface area (TPSA) is 50.9 Å². The van der Waals surface area contributed by atoms with Crippen molar-refractivity contribution in [2.45, 2.75) is 85.5 Å². The van der Waals surface area contributed by atoms with Gasteiger partial charge >= 0.3 is 0 Å². The van der Waals surface area contributed by atoms with E-state index in [2.05, 4.69) is 158 Å². The summed E-state index contributed by atoms with van der Waals surface area (Å²) in [5.41, 5.74) is 12.7. The highest BCUT2D eigenvalue weighted by atomic mass is 16.3. The number of rotatable bonds is 6. The first-order valence-corrected chi connectivity index (χ1v) is 20.3. The van der Waals surface area contributed by atoms with E-state index in [1.165, 1.54) is 5.56 Å². The minimum atomic E-state index is -0.430. The third-order valence-electron chi connectivity index (χ3n) is 11.2. The molecule has 4 heteroatoms. The van der Waals surface area contributed by atoms with Gasteiger partial charge in [0.2, 0.25) is 0 Å². The highest BCUT2D eigenvalue weighted by Crippen LogP contribution is 2.44. The van der Waals surface area contributed by atoms with Gasteiger partial charge in [-0.15, -0.1) is 0 Å². The first-order chi connectivity index (χ1) is 30.0. The maximum atomic E-state index is 12.0. The Bertz CT molecular complexity index is 3100. The molecule has 0 amide bonds. The molecule has 59 heavy (non-hydrogen) atoms. The van der Waals surface area contributed by atoms with E-state index < -0.39 is 6.04 Å². The molecule has 1 N–H and O–H groups in total. The van der Waals surface area contributed by atoms with Crippen LogP contribution in [0.4, 0.5) is 0 Å². The van der Waals surface area contributed by atoms with Crippen LogP contribution in [0.3, 0.4) is 0 Å². The van der Waals surface area contributed by atoms with Gasteiger partial charge in [0.05, 0.1) is 34.8 Å². The van der Waals surface area contributed by atoms with Crippen molar-refractivity contribution in [3.63, 3.8) is 0 Å². The second kappa shape index (κ2) is 14.8. The second-order valence-corrected chi connectivity index (χ2v) is 18.7. The number of aromatic nitrogens is 3. The Morgan fingerprint density at radius 3 is 1.90 bits per heavy atom. The molecule has 0 bridgehead atoms. The maximum Gasteiger partial charge on any atom is 0.149 e. The van der Waals surface area contributed by atoms with Crippen LogP contribution in [0.5, 0.6) is 5.75 Å². The van der Waals surface area contributed by atoms with Crippen molar-refractivity contribution in [3.05, 3.63) is 168 Å². The molecule has 0 aliphatic rings. The van der Waals surface area contributed by atoms with Gasteiger partial charge in [0.15, 0.2) is 0 Å². The molecule has 0 unspecified atom stereocenters.